The van der Waals surface area contributed by atoms with Crippen molar-refractivity contribution < 1.29 is 9.32 Å². The van der Waals surface area contributed by atoms with Crippen LogP contribution in [0.4, 0.5) is 5.69 Å². The fourth-order valence-electron chi connectivity index (χ4n) is 3.25. The van der Waals surface area contributed by atoms with E-state index in [1.54, 1.807) is 12.2 Å². The molecule has 0 bridgehead atoms. The van der Waals surface area contributed by atoms with Gasteiger partial charge in [-0.05, 0) is 36.4 Å². The molecule has 1 aliphatic heterocycles. The number of hydrogen-bond donors (Lipinski definition) is 1. The Morgan fingerprint density at radius 2 is 1.62 bits per heavy atom. The molecule has 2 aromatic carbocycles. The average Bonchev–Trinajstić information content (AvgIpc) is 3.39. The highest BCUT2D eigenvalue weighted by Crippen LogP contribution is 2.34. The van der Waals surface area contributed by atoms with Gasteiger partial charge in [0, 0.05) is 23.9 Å². The van der Waals surface area contributed by atoms with Crippen molar-refractivity contribution in [3.8, 4) is 0 Å². The predicted molar refractivity (Wildman–Crippen MR) is 111 cm³/mol. The van der Waals surface area contributed by atoms with Crippen molar-refractivity contribution in [3.63, 3.8) is 0 Å². The highest BCUT2D eigenvalue weighted by Gasteiger charge is 2.26. The van der Waals surface area contributed by atoms with E-state index in [2.05, 4.69) is 10.4 Å². The molecule has 0 saturated heterocycles. The van der Waals surface area contributed by atoms with Crippen molar-refractivity contribution in [1.29, 1.82) is 0 Å². The lowest BCUT2D eigenvalue weighted by atomic mass is 10.0. The molecule has 0 amide bonds. The second-order valence-corrected chi connectivity index (χ2v) is 6.53. The molecule has 142 valence electrons. The van der Waals surface area contributed by atoms with E-state index in [1.807, 2.05) is 65.8 Å². The van der Waals surface area contributed by atoms with Crippen LogP contribution in [-0.4, -0.2) is 15.6 Å². The summed E-state index contributed by atoms with van der Waals surface area (Å²) in [6.07, 6.45) is 8.31. The van der Waals surface area contributed by atoms with Crippen molar-refractivity contribution in [2.24, 2.45) is 0 Å². The summed E-state index contributed by atoms with van der Waals surface area (Å²) in [5.41, 5.74) is 8.12. The summed E-state index contributed by atoms with van der Waals surface area (Å²) in [6.45, 7) is 0. The summed E-state index contributed by atoms with van der Waals surface area (Å²) in [4.78, 5) is 4.20. The van der Waals surface area contributed by atoms with Crippen molar-refractivity contribution in [2.45, 2.75) is 0 Å². The molecule has 0 unspecified atom stereocenters. The van der Waals surface area contributed by atoms with Gasteiger partial charge in [0.05, 0.1) is 17.0 Å². The van der Waals surface area contributed by atoms with Crippen molar-refractivity contribution in [1.82, 2.24) is 10.4 Å². The van der Waals surface area contributed by atoms with E-state index in [0.29, 0.717) is 11.5 Å². The number of nitrogens with one attached hydrogen (secondary N) is 1. The Balaban J connectivity index is 1.63. The maximum atomic E-state index is 11.0. The van der Waals surface area contributed by atoms with E-state index in [9.17, 15) is 10.4 Å². The van der Waals surface area contributed by atoms with Crippen LogP contribution < -0.4 is 10.4 Å². The molecule has 5 rings (SSSR count). The minimum absolute atomic E-state index is 0.0413. The van der Waals surface area contributed by atoms with Crippen molar-refractivity contribution in [3.05, 3.63) is 113 Å². The zero-order chi connectivity index (χ0) is 19.8. The van der Waals surface area contributed by atoms with Crippen LogP contribution in [0.25, 0.3) is 16.7 Å². The summed E-state index contributed by atoms with van der Waals surface area (Å²) >= 11 is 0. The standard InChI is InChI=1S/C22H15N4O3/c27-26(28)17-12-10-15(11-13-17)21-18(14-25(24-21)16-6-2-1-3-7-16)22-23-19-8-4-5-9-20(19)29-22/h1-14,24H/q-1. The summed E-state index contributed by atoms with van der Waals surface area (Å²) in [7, 11) is 0. The van der Waals surface area contributed by atoms with E-state index in [0.717, 1.165) is 28.0 Å². The highest BCUT2D eigenvalue weighted by molar-refractivity contribution is 6.03. The molecule has 3 aromatic rings. The van der Waals surface area contributed by atoms with Gasteiger partial charge in [-0.1, -0.05) is 30.3 Å². The maximum Gasteiger partial charge on any atom is 0.231 e. The van der Waals surface area contributed by atoms with Crippen LogP contribution in [0.15, 0.2) is 101 Å². The van der Waals surface area contributed by atoms with Crippen molar-refractivity contribution >= 4 is 28.1 Å². The topological polar surface area (TPSA) is 90.4 Å². The minimum Gasteiger partial charge on any atom is -0.612 e. The number of para-hydroxylation sites is 3. The molecule has 29 heavy (non-hydrogen) atoms. The quantitative estimate of drug-likeness (QED) is 0.531. The van der Waals surface area contributed by atoms with Crippen molar-refractivity contribution in [2.75, 3.05) is 5.01 Å². The van der Waals surface area contributed by atoms with Crippen LogP contribution in [0.2, 0.25) is 0 Å². The second kappa shape index (κ2) is 6.72. The third kappa shape index (κ3) is 3.04. The van der Waals surface area contributed by atoms with Gasteiger partial charge in [0.2, 0.25) is 11.6 Å². The SMILES string of the molecule is [O-][N+]([O-])=C1C=CC(=C2NN(c3ccccc3)C=C2c2nc3ccccc3o2)C=C1. The Hall–Kier alpha value is -4.26. The molecular weight excluding hydrogens is 368 g/mol. The molecule has 0 saturated carbocycles. The lowest BCUT2D eigenvalue weighted by molar-refractivity contribution is -0.377. The monoisotopic (exact) mass is 383 g/mol. The molecule has 7 nitrogen and oxygen atoms in total. The van der Waals surface area contributed by atoms with Gasteiger partial charge >= 0.3 is 0 Å². The highest BCUT2D eigenvalue weighted by atomic mass is 16.8. The van der Waals surface area contributed by atoms with Crippen LogP contribution in [0, 0.1) is 10.4 Å². The lowest BCUT2D eigenvalue weighted by Gasteiger charge is -2.18. The fourth-order valence-corrected chi connectivity index (χ4v) is 3.25. The van der Waals surface area contributed by atoms with Crippen LogP contribution in [0.3, 0.4) is 0 Å². The number of rotatable bonds is 2. The predicted octanol–water partition coefficient (Wildman–Crippen LogP) is 4.02. The number of nitrogens with zero attached hydrogens (tertiary/aromatic N) is 3. The average molecular weight is 383 g/mol. The van der Waals surface area contributed by atoms with Gasteiger partial charge in [-0.2, -0.15) is 4.90 Å². The Morgan fingerprint density at radius 1 is 0.897 bits per heavy atom. The molecular formula is C22H15N4O3-. The van der Waals surface area contributed by atoms with Crippen LogP contribution in [0.1, 0.15) is 5.89 Å². The van der Waals surface area contributed by atoms with Gasteiger partial charge in [0.25, 0.3) is 0 Å². The number of anilines is 1. The van der Waals surface area contributed by atoms with E-state index in [1.165, 1.54) is 12.2 Å². The van der Waals surface area contributed by atoms with E-state index < -0.39 is 4.90 Å². The van der Waals surface area contributed by atoms with Crippen LogP contribution in [-0.2, 0) is 0 Å². The normalized spacial score (nSPS) is 15.8. The van der Waals surface area contributed by atoms with Gasteiger partial charge < -0.3 is 14.8 Å². The molecule has 1 N–H and O–H groups in total. The smallest absolute Gasteiger partial charge is 0.231 e. The molecule has 1 aromatic heterocycles. The third-order valence-electron chi connectivity index (χ3n) is 4.69. The van der Waals surface area contributed by atoms with Gasteiger partial charge in [-0.15, -0.1) is 0 Å². The summed E-state index contributed by atoms with van der Waals surface area (Å²) < 4.78 is 5.97. The number of oxazole rings is 1. The second-order valence-electron chi connectivity index (χ2n) is 6.53. The van der Waals surface area contributed by atoms with Gasteiger partial charge in [0.15, 0.2) is 5.58 Å². The number of hydrazine groups is 1. The lowest BCUT2D eigenvalue weighted by Crippen LogP contribution is -2.28. The zero-order valence-corrected chi connectivity index (χ0v) is 15.1. The summed E-state index contributed by atoms with van der Waals surface area (Å²) in [5, 5.41) is 23.9. The first kappa shape index (κ1) is 16.9. The number of allylic oxidation sites excluding steroid dienone is 6. The molecule has 0 fully saturated rings. The van der Waals surface area contributed by atoms with E-state index in [-0.39, 0.29) is 5.71 Å². The number of aromatic nitrogens is 1. The third-order valence-corrected chi connectivity index (χ3v) is 4.69. The molecule has 0 atom stereocenters. The summed E-state index contributed by atoms with van der Waals surface area (Å²) in [6, 6.07) is 17.4. The largest absolute Gasteiger partial charge is 0.612 e. The minimum atomic E-state index is -0.412. The Labute approximate surface area is 166 Å². The molecule has 0 spiro atoms. The number of hydrogen-bond acceptors (Lipinski definition) is 6. The Morgan fingerprint density at radius 3 is 2.34 bits per heavy atom. The van der Waals surface area contributed by atoms with Crippen LogP contribution >= 0.6 is 0 Å². The number of fused-ring (bicyclic) bond motifs is 1. The first-order chi connectivity index (χ1) is 14.2. The van der Waals surface area contributed by atoms with Crippen LogP contribution in [0.5, 0.6) is 0 Å². The molecule has 1 aliphatic carbocycles. The fraction of sp³-hybridized carbons (Fsp3) is 0. The maximum absolute atomic E-state index is 11.0. The summed E-state index contributed by atoms with van der Waals surface area (Å²) in [5.74, 6) is 0.477. The van der Waals surface area contributed by atoms with E-state index >= 15 is 0 Å². The Kier molecular flexibility index (Phi) is 3.91. The Bertz CT molecular complexity index is 1190. The number of benzene rings is 2. The molecule has 7 heteroatoms. The van der Waals surface area contributed by atoms with Gasteiger partial charge in [-0.25, -0.2) is 4.98 Å². The van der Waals surface area contributed by atoms with Gasteiger partial charge in [-0.3, -0.25) is 10.4 Å². The first-order valence-electron chi connectivity index (χ1n) is 9.00. The van der Waals surface area contributed by atoms with E-state index in [4.69, 9.17) is 4.42 Å². The van der Waals surface area contributed by atoms with Gasteiger partial charge in [0.1, 0.15) is 5.52 Å². The molecule has 2 aliphatic rings. The first-order valence-corrected chi connectivity index (χ1v) is 9.00. The zero-order valence-electron chi connectivity index (χ0n) is 15.1. The molecule has 0 radical (unpaired) electrons. The molecule has 2 heterocycles.